The second-order valence-corrected chi connectivity index (χ2v) is 9.84. The number of nitrogens with one attached hydrogen (secondary N) is 2. The van der Waals surface area contributed by atoms with Crippen LogP contribution >= 0.6 is 22.9 Å². The number of benzene rings is 1. The number of carbonyl (C=O) groups excluding carboxylic acids is 3. The Hall–Kier alpha value is -2.78. The molecule has 1 aromatic heterocycles. The molecule has 3 heterocycles. The summed E-state index contributed by atoms with van der Waals surface area (Å²) in [5, 5.41) is 5.80. The zero-order chi connectivity index (χ0) is 23.4. The lowest BCUT2D eigenvalue weighted by Crippen LogP contribution is -2.34. The fourth-order valence-electron chi connectivity index (χ4n) is 4.03. The lowest BCUT2D eigenvalue weighted by Gasteiger charge is -2.24. The molecular formula is C23H27ClN4O4S. The maximum absolute atomic E-state index is 12.6. The molecule has 8 nitrogen and oxygen atoms in total. The summed E-state index contributed by atoms with van der Waals surface area (Å²) in [6, 6.07) is 8.98. The van der Waals surface area contributed by atoms with Gasteiger partial charge in [0, 0.05) is 25.2 Å². The van der Waals surface area contributed by atoms with Gasteiger partial charge < -0.3 is 20.3 Å². The highest BCUT2D eigenvalue weighted by Gasteiger charge is 2.33. The largest absolute Gasteiger partial charge is 0.442 e. The van der Waals surface area contributed by atoms with Gasteiger partial charge in [0.2, 0.25) is 5.91 Å². The highest BCUT2D eigenvalue weighted by atomic mass is 35.5. The fourth-order valence-corrected chi connectivity index (χ4v) is 4.99. The molecule has 2 aliphatic rings. The summed E-state index contributed by atoms with van der Waals surface area (Å²) >= 11 is 7.08. The van der Waals surface area contributed by atoms with Crippen LogP contribution in [0.25, 0.3) is 0 Å². The summed E-state index contributed by atoms with van der Waals surface area (Å²) < 4.78 is 6.00. The normalized spacial score (nSPS) is 17.9. The van der Waals surface area contributed by atoms with E-state index in [1.165, 1.54) is 16.2 Å². The zero-order valence-corrected chi connectivity index (χ0v) is 20.0. The molecule has 2 aliphatic heterocycles. The monoisotopic (exact) mass is 490 g/mol. The molecule has 2 N–H and O–H groups in total. The number of rotatable bonds is 8. The summed E-state index contributed by atoms with van der Waals surface area (Å²) in [6.07, 6.45) is 2.48. The van der Waals surface area contributed by atoms with E-state index < -0.39 is 12.2 Å². The Balaban J connectivity index is 1.45. The van der Waals surface area contributed by atoms with Gasteiger partial charge in [-0.25, -0.2) is 4.79 Å². The number of carbonyl (C=O) groups is 3. The Kier molecular flexibility index (Phi) is 7.39. The van der Waals surface area contributed by atoms with Crippen LogP contribution < -0.4 is 20.4 Å². The van der Waals surface area contributed by atoms with E-state index in [4.69, 9.17) is 16.3 Å². The number of amides is 3. The average Bonchev–Trinajstić information content (AvgIpc) is 3.54. The van der Waals surface area contributed by atoms with E-state index >= 15 is 0 Å². The predicted molar refractivity (Wildman–Crippen MR) is 131 cm³/mol. The molecule has 1 atom stereocenters. The smallest absolute Gasteiger partial charge is 0.414 e. The fraction of sp³-hybridized carbons (Fsp3) is 0.435. The molecule has 0 spiro atoms. The molecule has 10 heteroatoms. The van der Waals surface area contributed by atoms with Crippen LogP contribution in [0.15, 0.2) is 30.3 Å². The van der Waals surface area contributed by atoms with E-state index in [9.17, 15) is 14.4 Å². The highest BCUT2D eigenvalue weighted by Crippen LogP contribution is 2.34. The van der Waals surface area contributed by atoms with E-state index in [-0.39, 0.29) is 18.4 Å². The first-order chi connectivity index (χ1) is 15.9. The van der Waals surface area contributed by atoms with Gasteiger partial charge in [-0.1, -0.05) is 18.5 Å². The molecule has 2 saturated heterocycles. The SMILES string of the molecule is CCCC(=O)Nc1cc(N2C[C@@H](CNC(=O)c3ccc(Cl)s3)OC2=O)ccc1N1CCCC1. The minimum absolute atomic E-state index is 0.0478. The van der Waals surface area contributed by atoms with Crippen molar-refractivity contribution in [3.05, 3.63) is 39.5 Å². The van der Waals surface area contributed by atoms with E-state index in [0.717, 1.165) is 38.0 Å². The quantitative estimate of drug-likeness (QED) is 0.568. The Labute approximate surface area is 201 Å². The van der Waals surface area contributed by atoms with Crippen LogP contribution in [0.1, 0.15) is 42.3 Å². The van der Waals surface area contributed by atoms with Gasteiger partial charge in [0.15, 0.2) is 0 Å². The van der Waals surface area contributed by atoms with Crippen LogP contribution in [-0.2, 0) is 9.53 Å². The van der Waals surface area contributed by atoms with Gasteiger partial charge in [0.1, 0.15) is 6.10 Å². The van der Waals surface area contributed by atoms with Crippen LogP contribution in [0.5, 0.6) is 0 Å². The predicted octanol–water partition coefficient (Wildman–Crippen LogP) is 4.50. The molecule has 3 amide bonds. The van der Waals surface area contributed by atoms with Crippen molar-refractivity contribution in [2.75, 3.05) is 41.3 Å². The molecule has 0 saturated carbocycles. The second-order valence-electron chi connectivity index (χ2n) is 8.12. The van der Waals surface area contributed by atoms with Crippen molar-refractivity contribution < 1.29 is 19.1 Å². The summed E-state index contributed by atoms with van der Waals surface area (Å²) in [5.41, 5.74) is 2.31. The topological polar surface area (TPSA) is 91.0 Å². The lowest BCUT2D eigenvalue weighted by atomic mass is 10.2. The minimum atomic E-state index is -0.479. The molecule has 0 bridgehead atoms. The van der Waals surface area contributed by atoms with Crippen molar-refractivity contribution in [1.82, 2.24) is 5.32 Å². The maximum Gasteiger partial charge on any atom is 0.414 e. The van der Waals surface area contributed by atoms with E-state index in [2.05, 4.69) is 15.5 Å². The maximum atomic E-state index is 12.6. The van der Waals surface area contributed by atoms with E-state index in [1.807, 2.05) is 25.1 Å². The van der Waals surface area contributed by atoms with Crippen LogP contribution in [-0.4, -0.2) is 50.2 Å². The summed E-state index contributed by atoms with van der Waals surface area (Å²) in [5.74, 6) is -0.300. The molecule has 2 fully saturated rings. The average molecular weight is 491 g/mol. The van der Waals surface area contributed by atoms with Crippen molar-refractivity contribution in [2.24, 2.45) is 0 Å². The van der Waals surface area contributed by atoms with Gasteiger partial charge in [0.25, 0.3) is 5.91 Å². The van der Waals surface area contributed by atoms with E-state index in [1.54, 1.807) is 12.1 Å². The number of cyclic esters (lactones) is 1. The molecule has 33 heavy (non-hydrogen) atoms. The first-order valence-corrected chi connectivity index (χ1v) is 12.3. The van der Waals surface area contributed by atoms with Crippen molar-refractivity contribution in [3.63, 3.8) is 0 Å². The summed E-state index contributed by atoms with van der Waals surface area (Å²) in [6.45, 7) is 4.35. The van der Waals surface area contributed by atoms with Crippen LogP contribution in [0.2, 0.25) is 4.34 Å². The number of anilines is 3. The Bertz CT molecular complexity index is 1040. The van der Waals surface area contributed by atoms with Gasteiger partial charge in [-0.05, 0) is 49.6 Å². The number of hydrogen-bond acceptors (Lipinski definition) is 6. The molecule has 2 aromatic rings. The zero-order valence-electron chi connectivity index (χ0n) is 18.4. The Morgan fingerprint density at radius 2 is 2.00 bits per heavy atom. The van der Waals surface area contributed by atoms with Crippen molar-refractivity contribution >= 4 is 57.9 Å². The molecular weight excluding hydrogens is 464 g/mol. The van der Waals surface area contributed by atoms with E-state index in [0.29, 0.717) is 33.6 Å². The van der Waals surface area contributed by atoms with Crippen molar-refractivity contribution in [2.45, 2.75) is 38.7 Å². The van der Waals surface area contributed by atoms with Crippen LogP contribution in [0.4, 0.5) is 21.9 Å². The number of nitrogens with zero attached hydrogens (tertiary/aromatic N) is 2. The highest BCUT2D eigenvalue weighted by molar-refractivity contribution is 7.18. The third kappa shape index (κ3) is 5.59. The van der Waals surface area contributed by atoms with Gasteiger partial charge in [-0.2, -0.15) is 0 Å². The first-order valence-electron chi connectivity index (χ1n) is 11.1. The Morgan fingerprint density at radius 1 is 1.21 bits per heavy atom. The van der Waals surface area contributed by atoms with Gasteiger partial charge in [-0.3, -0.25) is 14.5 Å². The number of halogens is 1. The lowest BCUT2D eigenvalue weighted by molar-refractivity contribution is -0.116. The first kappa shape index (κ1) is 23.4. The van der Waals surface area contributed by atoms with Gasteiger partial charge in [-0.15, -0.1) is 11.3 Å². The van der Waals surface area contributed by atoms with Gasteiger partial charge in [0.05, 0.1) is 33.7 Å². The molecule has 1 aromatic carbocycles. The number of ether oxygens (including phenoxy) is 1. The van der Waals surface area contributed by atoms with Crippen molar-refractivity contribution in [1.29, 1.82) is 0 Å². The van der Waals surface area contributed by atoms with Crippen LogP contribution in [0.3, 0.4) is 0 Å². The Morgan fingerprint density at radius 3 is 2.70 bits per heavy atom. The van der Waals surface area contributed by atoms with Gasteiger partial charge >= 0.3 is 6.09 Å². The minimum Gasteiger partial charge on any atom is -0.442 e. The van der Waals surface area contributed by atoms with Crippen LogP contribution in [0, 0.1) is 0 Å². The molecule has 176 valence electrons. The molecule has 0 radical (unpaired) electrons. The number of thiophene rings is 1. The third-order valence-electron chi connectivity index (χ3n) is 5.65. The number of hydrogen-bond donors (Lipinski definition) is 2. The summed E-state index contributed by atoms with van der Waals surface area (Å²) in [7, 11) is 0. The third-order valence-corrected chi connectivity index (χ3v) is 6.88. The molecule has 4 rings (SSSR count). The molecule has 0 aliphatic carbocycles. The van der Waals surface area contributed by atoms with Crippen molar-refractivity contribution in [3.8, 4) is 0 Å². The molecule has 0 unspecified atom stereocenters. The summed E-state index contributed by atoms with van der Waals surface area (Å²) in [4.78, 5) is 41.4. The standard InChI is InChI=1S/C23H27ClN4O4S/c1-2-5-21(29)26-17-12-15(6-7-18(17)27-10-3-4-11-27)28-14-16(32-23(28)31)13-25-22(30)19-8-9-20(24)33-19/h6-9,12,16H,2-5,10-11,13-14H2,1H3,(H,25,30)(H,26,29)/t16-/m1/s1. The second kappa shape index (κ2) is 10.4.